The van der Waals surface area contributed by atoms with Crippen molar-refractivity contribution in [1.29, 1.82) is 0 Å². The lowest BCUT2D eigenvalue weighted by molar-refractivity contribution is 0.240. The second-order valence-electron chi connectivity index (χ2n) is 5.77. The minimum atomic E-state index is -0.290. The highest BCUT2D eigenvalue weighted by molar-refractivity contribution is 5.54. The maximum absolute atomic E-state index is 13.2. The maximum Gasteiger partial charge on any atom is 0.229 e. The van der Waals surface area contributed by atoms with Crippen molar-refractivity contribution in [2.45, 2.75) is 6.42 Å². The van der Waals surface area contributed by atoms with Gasteiger partial charge in [-0.05, 0) is 37.2 Å². The number of benzene rings is 1. The third-order valence-electron chi connectivity index (χ3n) is 3.90. The molecule has 0 atom stereocenters. The number of halogens is 1. The molecule has 0 unspecified atom stereocenters. The summed E-state index contributed by atoms with van der Waals surface area (Å²) in [4.78, 5) is 11.0. The minimum Gasteiger partial charge on any atom is -0.370 e. The van der Waals surface area contributed by atoms with Gasteiger partial charge in [0.05, 0.1) is 0 Å². The number of nitrogens with one attached hydrogen (secondary N) is 3. The zero-order valence-electron chi connectivity index (χ0n) is 13.6. The van der Waals surface area contributed by atoms with Gasteiger partial charge in [-0.25, -0.2) is 9.37 Å². The van der Waals surface area contributed by atoms with Gasteiger partial charge in [0.2, 0.25) is 5.95 Å². The molecule has 24 heavy (non-hydrogen) atoms. The van der Waals surface area contributed by atoms with Crippen LogP contribution in [0.2, 0.25) is 0 Å². The van der Waals surface area contributed by atoms with Gasteiger partial charge >= 0.3 is 0 Å². The summed E-state index contributed by atoms with van der Waals surface area (Å²) < 4.78 is 13.2. The smallest absolute Gasteiger partial charge is 0.229 e. The van der Waals surface area contributed by atoms with E-state index in [2.05, 4.69) is 30.8 Å². The Hall–Kier alpha value is -2.25. The predicted octanol–water partition coefficient (Wildman–Crippen LogP) is 2.07. The first-order valence-corrected chi connectivity index (χ1v) is 8.32. The van der Waals surface area contributed by atoms with Crippen LogP contribution in [0.4, 0.5) is 21.8 Å². The zero-order valence-corrected chi connectivity index (χ0v) is 13.6. The highest BCUT2D eigenvalue weighted by Gasteiger charge is 2.08. The van der Waals surface area contributed by atoms with Crippen LogP contribution in [0, 0.1) is 5.82 Å². The lowest BCUT2D eigenvalue weighted by atomic mass is 10.3. The van der Waals surface area contributed by atoms with Crippen molar-refractivity contribution in [3.05, 3.63) is 42.3 Å². The Bertz CT molecular complexity index is 644. The van der Waals surface area contributed by atoms with E-state index in [0.29, 0.717) is 11.6 Å². The van der Waals surface area contributed by atoms with Crippen LogP contribution < -0.4 is 16.0 Å². The average Bonchev–Trinajstić information content (AvgIpc) is 2.60. The molecule has 0 radical (unpaired) electrons. The normalized spacial score (nSPS) is 15.2. The van der Waals surface area contributed by atoms with Crippen LogP contribution in [-0.4, -0.2) is 54.1 Å². The number of nitrogens with zero attached hydrogens (tertiary/aromatic N) is 3. The van der Waals surface area contributed by atoms with Crippen molar-refractivity contribution in [1.82, 2.24) is 20.2 Å². The Morgan fingerprint density at radius 2 is 2.08 bits per heavy atom. The second-order valence-corrected chi connectivity index (χ2v) is 5.77. The number of piperazine rings is 1. The van der Waals surface area contributed by atoms with E-state index in [1.165, 1.54) is 12.1 Å². The van der Waals surface area contributed by atoms with E-state index < -0.39 is 0 Å². The highest BCUT2D eigenvalue weighted by atomic mass is 19.1. The van der Waals surface area contributed by atoms with Crippen molar-refractivity contribution in [3.63, 3.8) is 0 Å². The SMILES string of the molecule is Fc1cccc(Nc2nccc(NCCCN3CCNCC3)n2)c1. The molecule has 2 heterocycles. The molecule has 0 amide bonds. The Morgan fingerprint density at radius 1 is 1.21 bits per heavy atom. The summed E-state index contributed by atoms with van der Waals surface area (Å²) in [5.74, 6) is 0.930. The fourth-order valence-electron chi connectivity index (χ4n) is 2.67. The molecule has 1 aliphatic heterocycles. The van der Waals surface area contributed by atoms with E-state index >= 15 is 0 Å². The maximum atomic E-state index is 13.2. The molecule has 3 N–H and O–H groups in total. The summed E-state index contributed by atoms with van der Waals surface area (Å²) in [7, 11) is 0. The van der Waals surface area contributed by atoms with Crippen molar-refractivity contribution in [3.8, 4) is 0 Å². The Kier molecular flexibility index (Phi) is 5.92. The van der Waals surface area contributed by atoms with Crippen LogP contribution in [0.1, 0.15) is 6.42 Å². The lowest BCUT2D eigenvalue weighted by Gasteiger charge is -2.27. The third-order valence-corrected chi connectivity index (χ3v) is 3.90. The van der Waals surface area contributed by atoms with E-state index in [9.17, 15) is 4.39 Å². The molecule has 1 saturated heterocycles. The van der Waals surface area contributed by atoms with Crippen molar-refractivity contribution < 1.29 is 4.39 Å². The topological polar surface area (TPSA) is 65.1 Å². The Morgan fingerprint density at radius 3 is 2.92 bits per heavy atom. The summed E-state index contributed by atoms with van der Waals surface area (Å²) >= 11 is 0. The molecule has 6 nitrogen and oxygen atoms in total. The summed E-state index contributed by atoms with van der Waals surface area (Å²) in [5, 5.41) is 9.68. The van der Waals surface area contributed by atoms with Crippen molar-refractivity contribution >= 4 is 17.5 Å². The molecule has 1 aliphatic rings. The number of rotatable bonds is 7. The van der Waals surface area contributed by atoms with Gasteiger partial charge in [-0.1, -0.05) is 6.07 Å². The van der Waals surface area contributed by atoms with Crippen molar-refractivity contribution in [2.24, 2.45) is 0 Å². The standard InChI is InChI=1S/C17H23FN6/c18-14-3-1-4-15(13-14)22-17-21-7-5-16(23-17)20-6-2-10-24-11-8-19-9-12-24/h1,3-5,7,13,19H,2,6,8-12H2,(H2,20,21,22,23). The molecular formula is C17H23FN6. The summed E-state index contributed by atoms with van der Waals surface area (Å²) in [6, 6.07) is 8.08. The first-order valence-electron chi connectivity index (χ1n) is 8.32. The molecule has 1 aromatic carbocycles. The van der Waals surface area contributed by atoms with Crippen LogP contribution >= 0.6 is 0 Å². The molecule has 0 spiro atoms. The second kappa shape index (κ2) is 8.56. The zero-order chi connectivity index (χ0) is 16.6. The van der Waals surface area contributed by atoms with Gasteiger partial charge in [-0.15, -0.1) is 0 Å². The van der Waals surface area contributed by atoms with E-state index in [0.717, 1.165) is 51.5 Å². The highest BCUT2D eigenvalue weighted by Crippen LogP contribution is 2.15. The molecule has 0 aliphatic carbocycles. The van der Waals surface area contributed by atoms with Gasteiger partial charge in [0, 0.05) is 44.6 Å². The van der Waals surface area contributed by atoms with E-state index in [-0.39, 0.29) is 5.82 Å². The molecule has 1 fully saturated rings. The van der Waals surface area contributed by atoms with E-state index in [1.54, 1.807) is 18.3 Å². The van der Waals surface area contributed by atoms with Gasteiger partial charge < -0.3 is 20.9 Å². The number of hydrogen-bond acceptors (Lipinski definition) is 6. The monoisotopic (exact) mass is 330 g/mol. The van der Waals surface area contributed by atoms with Gasteiger partial charge in [0.1, 0.15) is 11.6 Å². The molecule has 128 valence electrons. The number of hydrogen-bond donors (Lipinski definition) is 3. The lowest BCUT2D eigenvalue weighted by Crippen LogP contribution is -2.44. The van der Waals surface area contributed by atoms with Crippen LogP contribution in [0.5, 0.6) is 0 Å². The minimum absolute atomic E-state index is 0.290. The number of aromatic nitrogens is 2. The molecule has 3 rings (SSSR count). The summed E-state index contributed by atoms with van der Waals surface area (Å²) in [6.45, 7) is 6.35. The van der Waals surface area contributed by atoms with Crippen LogP contribution in [-0.2, 0) is 0 Å². The summed E-state index contributed by atoms with van der Waals surface area (Å²) in [5.41, 5.74) is 0.630. The largest absolute Gasteiger partial charge is 0.370 e. The van der Waals surface area contributed by atoms with Gasteiger partial charge in [-0.2, -0.15) is 4.98 Å². The fraction of sp³-hybridized carbons (Fsp3) is 0.412. The molecule has 0 saturated carbocycles. The first kappa shape index (κ1) is 16.6. The van der Waals surface area contributed by atoms with Crippen molar-refractivity contribution in [2.75, 3.05) is 49.9 Å². The quantitative estimate of drug-likeness (QED) is 0.676. The third kappa shape index (κ3) is 5.14. The Labute approximate surface area is 141 Å². The van der Waals surface area contributed by atoms with Crippen LogP contribution in [0.15, 0.2) is 36.5 Å². The predicted molar refractivity (Wildman–Crippen MR) is 94.1 cm³/mol. The molecule has 0 bridgehead atoms. The fourth-order valence-corrected chi connectivity index (χ4v) is 2.67. The van der Waals surface area contributed by atoms with Crippen LogP contribution in [0.3, 0.4) is 0 Å². The molecule has 1 aromatic heterocycles. The molecule has 2 aromatic rings. The average molecular weight is 330 g/mol. The first-order chi connectivity index (χ1) is 11.8. The summed E-state index contributed by atoms with van der Waals surface area (Å²) in [6.07, 6.45) is 2.75. The van der Waals surface area contributed by atoms with E-state index in [1.807, 2.05) is 6.07 Å². The van der Waals surface area contributed by atoms with Gasteiger partial charge in [-0.3, -0.25) is 0 Å². The van der Waals surface area contributed by atoms with Gasteiger partial charge in [0.15, 0.2) is 0 Å². The van der Waals surface area contributed by atoms with Gasteiger partial charge in [0.25, 0.3) is 0 Å². The Balaban J connectivity index is 1.46. The molecular weight excluding hydrogens is 307 g/mol. The number of anilines is 3. The van der Waals surface area contributed by atoms with Crippen LogP contribution in [0.25, 0.3) is 0 Å². The molecule has 7 heteroatoms. The van der Waals surface area contributed by atoms with E-state index in [4.69, 9.17) is 0 Å².